The summed E-state index contributed by atoms with van der Waals surface area (Å²) in [5, 5.41) is 3.02. The molecule has 4 rings (SSSR count). The molecule has 1 atom stereocenters. The number of carbonyl (C=O) groups is 1. The van der Waals surface area contributed by atoms with Gasteiger partial charge in [0.1, 0.15) is 5.76 Å². The molecule has 2 aromatic carbocycles. The Morgan fingerprint density at radius 2 is 1.76 bits per heavy atom. The number of hydrogen-bond donors (Lipinski definition) is 2. The van der Waals surface area contributed by atoms with Gasteiger partial charge in [-0.15, -0.1) is 0 Å². The van der Waals surface area contributed by atoms with Crippen LogP contribution < -0.4 is 10.0 Å². The minimum Gasteiger partial charge on any atom is -0.468 e. The SMILES string of the molecule is Cc1ccc(S(=O)(=O)NCc2ccc(C(=O)NC[C@@H](c3ccco3)N3CCCC3)cc2)cc1C. The van der Waals surface area contributed by atoms with Crippen molar-refractivity contribution in [1.82, 2.24) is 14.9 Å². The number of amides is 1. The summed E-state index contributed by atoms with van der Waals surface area (Å²) in [6.07, 6.45) is 3.97. The molecule has 34 heavy (non-hydrogen) atoms. The molecule has 2 heterocycles. The van der Waals surface area contributed by atoms with Crippen molar-refractivity contribution in [3.8, 4) is 0 Å². The third kappa shape index (κ3) is 5.75. The van der Waals surface area contributed by atoms with Gasteiger partial charge in [0.2, 0.25) is 10.0 Å². The Morgan fingerprint density at radius 3 is 2.41 bits per heavy atom. The molecule has 0 bridgehead atoms. The number of rotatable bonds is 9. The summed E-state index contributed by atoms with van der Waals surface area (Å²) in [4.78, 5) is 15.3. The second-order valence-electron chi connectivity index (χ2n) is 8.75. The molecular formula is C26H31N3O4S. The molecule has 0 saturated carbocycles. The van der Waals surface area contributed by atoms with Crippen LogP contribution in [-0.2, 0) is 16.6 Å². The van der Waals surface area contributed by atoms with Crippen LogP contribution in [0, 0.1) is 13.8 Å². The van der Waals surface area contributed by atoms with E-state index in [0.717, 1.165) is 48.4 Å². The topological polar surface area (TPSA) is 91.6 Å². The fraction of sp³-hybridized carbons (Fsp3) is 0.346. The van der Waals surface area contributed by atoms with Crippen molar-refractivity contribution in [3.05, 3.63) is 88.9 Å². The number of benzene rings is 2. The molecule has 7 nitrogen and oxygen atoms in total. The maximum Gasteiger partial charge on any atom is 0.251 e. The minimum absolute atomic E-state index is 0.0144. The first kappa shape index (κ1) is 24.2. The van der Waals surface area contributed by atoms with Gasteiger partial charge < -0.3 is 9.73 Å². The van der Waals surface area contributed by atoms with Gasteiger partial charge in [-0.2, -0.15) is 0 Å². The summed E-state index contributed by atoms with van der Waals surface area (Å²) in [7, 11) is -3.61. The van der Waals surface area contributed by atoms with Crippen LogP contribution >= 0.6 is 0 Å². The Balaban J connectivity index is 1.34. The van der Waals surface area contributed by atoms with Crippen molar-refractivity contribution >= 4 is 15.9 Å². The Hall–Kier alpha value is -2.94. The highest BCUT2D eigenvalue weighted by atomic mass is 32.2. The number of aryl methyl sites for hydroxylation is 2. The molecule has 0 radical (unpaired) electrons. The molecule has 1 aromatic heterocycles. The van der Waals surface area contributed by atoms with Crippen LogP contribution in [0.2, 0.25) is 0 Å². The average molecular weight is 482 g/mol. The van der Waals surface area contributed by atoms with E-state index in [1.165, 1.54) is 0 Å². The molecule has 0 spiro atoms. The van der Waals surface area contributed by atoms with Gasteiger partial charge >= 0.3 is 0 Å². The highest BCUT2D eigenvalue weighted by molar-refractivity contribution is 7.89. The number of carbonyl (C=O) groups excluding carboxylic acids is 1. The van der Waals surface area contributed by atoms with E-state index in [0.29, 0.717) is 12.1 Å². The van der Waals surface area contributed by atoms with Crippen LogP contribution in [0.15, 0.2) is 70.2 Å². The summed E-state index contributed by atoms with van der Waals surface area (Å²) in [5.41, 5.74) is 3.27. The largest absolute Gasteiger partial charge is 0.468 e. The van der Waals surface area contributed by atoms with Gasteiger partial charge in [-0.3, -0.25) is 9.69 Å². The van der Waals surface area contributed by atoms with Crippen molar-refractivity contribution in [2.24, 2.45) is 0 Å². The molecule has 1 amide bonds. The van der Waals surface area contributed by atoms with Gasteiger partial charge in [0.05, 0.1) is 17.2 Å². The summed E-state index contributed by atoms with van der Waals surface area (Å²) >= 11 is 0. The van der Waals surface area contributed by atoms with E-state index >= 15 is 0 Å². The van der Waals surface area contributed by atoms with Gasteiger partial charge in [-0.05, 0) is 92.9 Å². The summed E-state index contributed by atoms with van der Waals surface area (Å²) in [6, 6.07) is 15.9. The van der Waals surface area contributed by atoms with Crippen molar-refractivity contribution in [3.63, 3.8) is 0 Å². The van der Waals surface area contributed by atoms with Gasteiger partial charge in [-0.25, -0.2) is 13.1 Å². The highest BCUT2D eigenvalue weighted by Crippen LogP contribution is 2.25. The number of nitrogens with one attached hydrogen (secondary N) is 2. The van der Waals surface area contributed by atoms with Crippen molar-refractivity contribution in [2.45, 2.75) is 44.2 Å². The van der Waals surface area contributed by atoms with Crippen LogP contribution in [0.4, 0.5) is 0 Å². The Bertz CT molecular complexity index is 1220. The van der Waals surface area contributed by atoms with E-state index in [1.807, 2.05) is 26.0 Å². The summed E-state index contributed by atoms with van der Waals surface area (Å²) in [5.74, 6) is 0.687. The zero-order valence-electron chi connectivity index (χ0n) is 19.6. The lowest BCUT2D eigenvalue weighted by atomic mass is 10.1. The summed E-state index contributed by atoms with van der Waals surface area (Å²) < 4.78 is 33.5. The molecule has 1 saturated heterocycles. The van der Waals surface area contributed by atoms with Crippen LogP contribution in [0.1, 0.15) is 51.7 Å². The van der Waals surface area contributed by atoms with E-state index in [9.17, 15) is 13.2 Å². The fourth-order valence-corrected chi connectivity index (χ4v) is 5.25. The molecule has 1 fully saturated rings. The van der Waals surface area contributed by atoms with Gasteiger partial charge in [-0.1, -0.05) is 18.2 Å². The lowest BCUT2D eigenvalue weighted by Gasteiger charge is -2.26. The second-order valence-corrected chi connectivity index (χ2v) is 10.5. The third-order valence-electron chi connectivity index (χ3n) is 6.38. The van der Waals surface area contributed by atoms with Gasteiger partial charge in [0.15, 0.2) is 0 Å². The standard InChI is InChI=1S/C26H31N3O4S/c1-19-7-12-23(16-20(19)2)34(31,32)28-17-21-8-10-22(11-9-21)26(30)27-18-24(25-6-5-15-33-25)29-13-3-4-14-29/h5-12,15-16,24,28H,3-4,13-14,17-18H2,1-2H3,(H,27,30)/t24-/m0/s1. The van der Waals surface area contributed by atoms with Crippen molar-refractivity contribution in [1.29, 1.82) is 0 Å². The molecule has 3 aromatic rings. The van der Waals surface area contributed by atoms with E-state index in [4.69, 9.17) is 4.42 Å². The number of nitrogens with zero attached hydrogens (tertiary/aromatic N) is 1. The van der Waals surface area contributed by atoms with Crippen molar-refractivity contribution < 1.29 is 17.6 Å². The number of sulfonamides is 1. The monoisotopic (exact) mass is 481 g/mol. The zero-order chi connectivity index (χ0) is 24.1. The smallest absolute Gasteiger partial charge is 0.251 e. The first-order valence-corrected chi connectivity index (χ1v) is 13.0. The van der Waals surface area contributed by atoms with E-state index in [-0.39, 0.29) is 23.4 Å². The maximum atomic E-state index is 12.7. The molecule has 1 aliphatic rings. The third-order valence-corrected chi connectivity index (χ3v) is 7.78. The lowest BCUT2D eigenvalue weighted by molar-refractivity contribution is 0.0933. The number of hydrogen-bond acceptors (Lipinski definition) is 5. The molecule has 0 aliphatic carbocycles. The molecule has 180 valence electrons. The van der Waals surface area contributed by atoms with Crippen LogP contribution in [0.25, 0.3) is 0 Å². The summed E-state index contributed by atoms with van der Waals surface area (Å²) in [6.45, 7) is 6.43. The predicted molar refractivity (Wildman–Crippen MR) is 131 cm³/mol. The Morgan fingerprint density at radius 1 is 1.03 bits per heavy atom. The van der Waals surface area contributed by atoms with Crippen LogP contribution in [-0.4, -0.2) is 38.9 Å². The average Bonchev–Trinajstić information content (AvgIpc) is 3.55. The first-order valence-electron chi connectivity index (χ1n) is 11.5. The van der Waals surface area contributed by atoms with Crippen LogP contribution in [0.5, 0.6) is 0 Å². The van der Waals surface area contributed by atoms with Gasteiger partial charge in [0.25, 0.3) is 5.91 Å². The molecule has 1 aliphatic heterocycles. The lowest BCUT2D eigenvalue weighted by Crippen LogP contribution is -2.36. The van der Waals surface area contributed by atoms with E-state index in [2.05, 4.69) is 14.9 Å². The molecular weight excluding hydrogens is 450 g/mol. The maximum absolute atomic E-state index is 12.7. The molecule has 2 N–H and O–H groups in total. The zero-order valence-corrected chi connectivity index (χ0v) is 20.4. The number of furan rings is 1. The van der Waals surface area contributed by atoms with Gasteiger partial charge in [0, 0.05) is 18.7 Å². The van der Waals surface area contributed by atoms with Crippen molar-refractivity contribution in [2.75, 3.05) is 19.6 Å². The minimum atomic E-state index is -3.61. The quantitative estimate of drug-likeness (QED) is 0.483. The Kier molecular flexibility index (Phi) is 7.50. The fourth-order valence-electron chi connectivity index (χ4n) is 4.15. The molecule has 8 heteroatoms. The number of likely N-dealkylation sites (tertiary alicyclic amines) is 1. The second kappa shape index (κ2) is 10.5. The molecule has 0 unspecified atom stereocenters. The van der Waals surface area contributed by atoms with Crippen LogP contribution in [0.3, 0.4) is 0 Å². The van der Waals surface area contributed by atoms with E-state index < -0.39 is 10.0 Å². The highest BCUT2D eigenvalue weighted by Gasteiger charge is 2.26. The first-order chi connectivity index (χ1) is 16.3. The normalized spacial score (nSPS) is 15.4. The van der Waals surface area contributed by atoms with E-state index in [1.54, 1.807) is 48.7 Å². The predicted octanol–water partition coefficient (Wildman–Crippen LogP) is 3.94. The Labute approximate surface area is 201 Å².